The minimum absolute atomic E-state index is 0.131. The summed E-state index contributed by atoms with van der Waals surface area (Å²) in [6, 6.07) is 10.2. The third-order valence-electron chi connectivity index (χ3n) is 4.03. The minimum Gasteiger partial charge on any atom is -0.468 e. The molecule has 0 radical (unpaired) electrons. The van der Waals surface area contributed by atoms with Gasteiger partial charge in [-0.1, -0.05) is 30.3 Å². The number of hydrogen-bond acceptors (Lipinski definition) is 8. The van der Waals surface area contributed by atoms with Gasteiger partial charge in [0.05, 0.1) is 13.7 Å². The number of nitrogens with two attached hydrogens (primary N) is 1. The maximum absolute atomic E-state index is 6.10. The molecule has 0 aliphatic heterocycles. The molecule has 0 bridgehead atoms. The molecule has 0 saturated carbocycles. The normalized spacial score (nSPS) is 11.8. The van der Waals surface area contributed by atoms with E-state index in [1.807, 2.05) is 30.3 Å². The lowest BCUT2D eigenvalue weighted by molar-refractivity contribution is -0.368. The number of fused-ring (bicyclic) bond motifs is 1. The standard InChI is InChI=1S/C17H21N5O4/c1-23-16-19-12-13(18)20-15(17(24-2,25-3)26-4)21-14(12)22(16)10-11-8-6-5-7-9-11/h5-9H,10H2,1-4H3,(H2,18,20,21). The van der Waals surface area contributed by atoms with E-state index in [4.69, 9.17) is 24.7 Å². The monoisotopic (exact) mass is 359 g/mol. The van der Waals surface area contributed by atoms with Crippen LogP contribution in [0.2, 0.25) is 0 Å². The number of imidazole rings is 1. The zero-order valence-corrected chi connectivity index (χ0v) is 15.1. The van der Waals surface area contributed by atoms with Crippen molar-refractivity contribution in [2.45, 2.75) is 12.5 Å². The highest BCUT2D eigenvalue weighted by molar-refractivity contribution is 5.83. The van der Waals surface area contributed by atoms with E-state index in [9.17, 15) is 0 Å². The number of nitrogen functional groups attached to an aromatic ring is 1. The van der Waals surface area contributed by atoms with E-state index < -0.39 is 5.97 Å². The number of benzene rings is 1. The molecule has 9 heteroatoms. The maximum atomic E-state index is 6.10. The van der Waals surface area contributed by atoms with Gasteiger partial charge < -0.3 is 24.7 Å². The Labute approximate surface area is 150 Å². The van der Waals surface area contributed by atoms with Crippen LogP contribution in [0.1, 0.15) is 11.4 Å². The molecule has 2 heterocycles. The predicted molar refractivity (Wildman–Crippen MR) is 94.5 cm³/mol. The van der Waals surface area contributed by atoms with E-state index in [1.165, 1.54) is 28.4 Å². The van der Waals surface area contributed by atoms with Gasteiger partial charge in [-0.15, -0.1) is 0 Å². The molecule has 0 unspecified atom stereocenters. The third-order valence-corrected chi connectivity index (χ3v) is 4.03. The minimum atomic E-state index is -1.57. The molecule has 9 nitrogen and oxygen atoms in total. The SMILES string of the molecule is COc1nc2c(N)nc(C(OC)(OC)OC)nc2n1Cc1ccccc1. The Kier molecular flexibility index (Phi) is 5.03. The Bertz CT molecular complexity index is 885. The molecular formula is C17H21N5O4. The van der Waals surface area contributed by atoms with Crippen LogP contribution in [0.5, 0.6) is 6.01 Å². The smallest absolute Gasteiger partial charge is 0.347 e. The van der Waals surface area contributed by atoms with Gasteiger partial charge in [0.15, 0.2) is 17.0 Å². The van der Waals surface area contributed by atoms with E-state index in [0.717, 1.165) is 5.56 Å². The van der Waals surface area contributed by atoms with Crippen LogP contribution in [0.3, 0.4) is 0 Å². The highest BCUT2D eigenvalue weighted by Crippen LogP contribution is 2.30. The number of hydrogen-bond donors (Lipinski definition) is 1. The highest BCUT2D eigenvalue weighted by Gasteiger charge is 2.37. The average molecular weight is 359 g/mol. The Morgan fingerprint density at radius 1 is 0.962 bits per heavy atom. The summed E-state index contributed by atoms with van der Waals surface area (Å²) in [6.45, 7) is 0.496. The van der Waals surface area contributed by atoms with Crippen molar-refractivity contribution in [1.29, 1.82) is 0 Å². The summed E-state index contributed by atoms with van der Waals surface area (Å²) in [7, 11) is 5.83. The summed E-state index contributed by atoms with van der Waals surface area (Å²) < 4.78 is 23.2. The fourth-order valence-corrected chi connectivity index (χ4v) is 2.73. The van der Waals surface area contributed by atoms with Crippen LogP contribution in [0, 0.1) is 0 Å². The van der Waals surface area contributed by atoms with Crippen LogP contribution >= 0.6 is 0 Å². The number of aromatic nitrogens is 4. The van der Waals surface area contributed by atoms with Gasteiger partial charge in [-0.3, -0.25) is 4.57 Å². The van der Waals surface area contributed by atoms with Crippen molar-refractivity contribution in [3.05, 3.63) is 41.7 Å². The van der Waals surface area contributed by atoms with Gasteiger partial charge in [-0.05, 0) is 5.56 Å². The summed E-state index contributed by atoms with van der Waals surface area (Å²) in [5.41, 5.74) is 8.07. The summed E-state index contributed by atoms with van der Waals surface area (Å²) in [5, 5.41) is 0. The first-order valence-electron chi connectivity index (χ1n) is 7.86. The average Bonchev–Trinajstić information content (AvgIpc) is 3.03. The lowest BCUT2D eigenvalue weighted by Crippen LogP contribution is -2.35. The first-order valence-corrected chi connectivity index (χ1v) is 7.86. The molecule has 2 aromatic heterocycles. The van der Waals surface area contributed by atoms with Crippen molar-refractivity contribution in [3.63, 3.8) is 0 Å². The Hall–Kier alpha value is -2.75. The molecule has 2 N–H and O–H groups in total. The highest BCUT2D eigenvalue weighted by atomic mass is 16.9. The van der Waals surface area contributed by atoms with E-state index in [2.05, 4.69) is 15.0 Å². The van der Waals surface area contributed by atoms with Crippen LogP contribution in [-0.4, -0.2) is 48.0 Å². The molecule has 0 atom stereocenters. The van der Waals surface area contributed by atoms with E-state index >= 15 is 0 Å². The van der Waals surface area contributed by atoms with Crippen LogP contribution in [0.25, 0.3) is 11.2 Å². The van der Waals surface area contributed by atoms with Crippen molar-refractivity contribution < 1.29 is 18.9 Å². The van der Waals surface area contributed by atoms with Crippen LogP contribution in [-0.2, 0) is 26.7 Å². The molecule has 3 aromatic rings. The Morgan fingerprint density at radius 2 is 1.62 bits per heavy atom. The van der Waals surface area contributed by atoms with Crippen LogP contribution in [0.15, 0.2) is 30.3 Å². The number of anilines is 1. The van der Waals surface area contributed by atoms with E-state index in [1.54, 1.807) is 4.57 Å². The number of rotatable bonds is 7. The van der Waals surface area contributed by atoms with Gasteiger partial charge in [-0.25, -0.2) is 9.97 Å². The van der Waals surface area contributed by atoms with Gasteiger partial charge in [0, 0.05) is 21.3 Å². The van der Waals surface area contributed by atoms with Crippen molar-refractivity contribution >= 4 is 17.0 Å². The summed E-state index contributed by atoms with van der Waals surface area (Å²) in [5.74, 6) is -1.27. The van der Waals surface area contributed by atoms with Gasteiger partial charge in [0.2, 0.25) is 5.82 Å². The third kappa shape index (κ3) is 2.96. The molecule has 1 aromatic carbocycles. The van der Waals surface area contributed by atoms with Crippen molar-refractivity contribution in [1.82, 2.24) is 19.5 Å². The number of ether oxygens (including phenoxy) is 4. The largest absolute Gasteiger partial charge is 0.468 e. The molecule has 0 aliphatic rings. The fraction of sp³-hybridized carbons (Fsp3) is 0.353. The fourth-order valence-electron chi connectivity index (χ4n) is 2.73. The van der Waals surface area contributed by atoms with E-state index in [0.29, 0.717) is 23.7 Å². The molecule has 26 heavy (non-hydrogen) atoms. The molecule has 3 rings (SSSR count). The maximum Gasteiger partial charge on any atom is 0.347 e. The van der Waals surface area contributed by atoms with E-state index in [-0.39, 0.29) is 11.6 Å². The quantitative estimate of drug-likeness (QED) is 0.633. The second-order valence-electron chi connectivity index (χ2n) is 5.44. The molecule has 0 fully saturated rings. The lowest BCUT2D eigenvalue weighted by Gasteiger charge is -2.26. The summed E-state index contributed by atoms with van der Waals surface area (Å²) in [4.78, 5) is 13.2. The molecule has 0 aliphatic carbocycles. The van der Waals surface area contributed by atoms with Gasteiger partial charge in [-0.2, -0.15) is 4.98 Å². The molecule has 0 amide bonds. The number of methoxy groups -OCH3 is 4. The Morgan fingerprint density at radius 3 is 2.19 bits per heavy atom. The molecular weight excluding hydrogens is 338 g/mol. The zero-order valence-electron chi connectivity index (χ0n) is 15.1. The summed E-state index contributed by atoms with van der Waals surface area (Å²) >= 11 is 0. The summed E-state index contributed by atoms with van der Waals surface area (Å²) in [6.07, 6.45) is 0. The number of nitrogens with zero attached hydrogens (tertiary/aromatic N) is 4. The van der Waals surface area contributed by atoms with Crippen LogP contribution < -0.4 is 10.5 Å². The predicted octanol–water partition coefficient (Wildman–Crippen LogP) is 1.51. The topological polar surface area (TPSA) is 107 Å². The van der Waals surface area contributed by atoms with Gasteiger partial charge in [0.25, 0.3) is 6.01 Å². The Balaban J connectivity index is 2.20. The zero-order chi connectivity index (χ0) is 18.7. The van der Waals surface area contributed by atoms with Crippen molar-refractivity contribution in [3.8, 4) is 6.01 Å². The van der Waals surface area contributed by atoms with Crippen LogP contribution in [0.4, 0.5) is 5.82 Å². The second-order valence-corrected chi connectivity index (χ2v) is 5.44. The first kappa shape index (κ1) is 18.1. The van der Waals surface area contributed by atoms with Crippen molar-refractivity contribution in [2.75, 3.05) is 34.2 Å². The lowest BCUT2D eigenvalue weighted by atomic mass is 10.2. The molecule has 138 valence electrons. The molecule has 0 saturated heterocycles. The van der Waals surface area contributed by atoms with Gasteiger partial charge >= 0.3 is 5.97 Å². The first-order chi connectivity index (χ1) is 12.6. The van der Waals surface area contributed by atoms with Crippen molar-refractivity contribution in [2.24, 2.45) is 0 Å². The van der Waals surface area contributed by atoms with Gasteiger partial charge in [0.1, 0.15) is 0 Å². The molecule has 0 spiro atoms. The second kappa shape index (κ2) is 7.24.